The number of aliphatic carboxylic acids is 1. The van der Waals surface area contributed by atoms with E-state index in [-0.39, 0.29) is 5.75 Å². The van der Waals surface area contributed by atoms with Crippen molar-refractivity contribution in [3.63, 3.8) is 0 Å². The average molecular weight is 316 g/mol. The topological polar surface area (TPSA) is 62.7 Å². The minimum absolute atomic E-state index is 0.241. The number of piperidine rings is 1. The summed E-state index contributed by atoms with van der Waals surface area (Å²) in [4.78, 5) is 17.8. The summed E-state index contributed by atoms with van der Waals surface area (Å²) in [5.74, 6) is -1.22. The van der Waals surface area contributed by atoms with Gasteiger partial charge in [0, 0.05) is 50.1 Å². The fourth-order valence-corrected chi connectivity index (χ4v) is 2.80. The first-order valence-corrected chi connectivity index (χ1v) is 7.42. The molecule has 1 aromatic heterocycles. The van der Waals surface area contributed by atoms with Crippen LogP contribution in [0.25, 0.3) is 0 Å². The van der Waals surface area contributed by atoms with Gasteiger partial charge in [-0.1, -0.05) is 6.07 Å². The first kappa shape index (κ1) is 15.3. The van der Waals surface area contributed by atoms with Crippen LogP contribution in [0.15, 0.2) is 48.8 Å². The van der Waals surface area contributed by atoms with Gasteiger partial charge >= 0.3 is 5.97 Å². The fraction of sp³-hybridized carbons (Fsp3) is 0.294. The molecule has 2 heterocycles. The number of rotatable bonds is 4. The van der Waals surface area contributed by atoms with E-state index in [1.54, 1.807) is 18.5 Å². The minimum atomic E-state index is -1.32. The molecule has 1 fully saturated rings. The Balaban J connectivity index is 1.75. The molecule has 0 aliphatic carbocycles. The number of carboxylic acids is 1. The molecule has 0 bridgehead atoms. The lowest BCUT2D eigenvalue weighted by molar-refractivity contribution is -0.157. The molecule has 0 saturated carbocycles. The highest BCUT2D eigenvalue weighted by atomic mass is 19.1. The molecule has 0 radical (unpaired) electrons. The van der Waals surface area contributed by atoms with Crippen LogP contribution in [-0.2, 0) is 4.79 Å². The van der Waals surface area contributed by atoms with Crippen molar-refractivity contribution in [2.75, 3.05) is 18.0 Å². The van der Waals surface area contributed by atoms with Gasteiger partial charge in [-0.3, -0.25) is 4.98 Å². The van der Waals surface area contributed by atoms with Crippen LogP contribution in [0.5, 0.6) is 5.75 Å². The number of hydrogen-bond donors (Lipinski definition) is 1. The van der Waals surface area contributed by atoms with Gasteiger partial charge in [0.15, 0.2) is 0 Å². The number of ether oxygens (including phenoxy) is 1. The normalized spacial score (nSPS) is 16.8. The first-order chi connectivity index (χ1) is 11.1. The van der Waals surface area contributed by atoms with Gasteiger partial charge in [-0.05, 0) is 24.3 Å². The molecule has 0 atom stereocenters. The van der Waals surface area contributed by atoms with Crippen LogP contribution in [0, 0.1) is 5.82 Å². The number of benzene rings is 1. The van der Waals surface area contributed by atoms with Crippen LogP contribution in [0.3, 0.4) is 0 Å². The minimum Gasteiger partial charge on any atom is -0.478 e. The SMILES string of the molecule is O=C(O)C1(Oc2cccc(F)c2)CCN(c2ccncc2)CC1. The molecule has 0 unspecified atom stereocenters. The Morgan fingerprint density at radius 1 is 1.22 bits per heavy atom. The van der Waals surface area contributed by atoms with Gasteiger partial charge in [0.05, 0.1) is 0 Å². The van der Waals surface area contributed by atoms with Crippen molar-refractivity contribution in [2.45, 2.75) is 18.4 Å². The predicted molar refractivity (Wildman–Crippen MR) is 83.1 cm³/mol. The standard InChI is InChI=1S/C17H17FN2O3/c18-13-2-1-3-15(12-13)23-17(16(21)22)6-10-20(11-7-17)14-4-8-19-9-5-14/h1-5,8-9,12H,6-7,10-11H2,(H,21,22). The molecular formula is C17H17FN2O3. The molecule has 2 aromatic rings. The second-order valence-electron chi connectivity index (χ2n) is 5.55. The van der Waals surface area contributed by atoms with Crippen LogP contribution in [-0.4, -0.2) is 34.8 Å². The number of anilines is 1. The van der Waals surface area contributed by atoms with Gasteiger partial charge in [0.25, 0.3) is 0 Å². The number of pyridine rings is 1. The summed E-state index contributed by atoms with van der Waals surface area (Å²) in [5, 5.41) is 9.63. The largest absolute Gasteiger partial charge is 0.478 e. The van der Waals surface area contributed by atoms with Crippen molar-refractivity contribution in [3.05, 3.63) is 54.6 Å². The van der Waals surface area contributed by atoms with E-state index < -0.39 is 17.4 Å². The molecule has 1 aliphatic heterocycles. The van der Waals surface area contributed by atoms with E-state index in [0.717, 1.165) is 5.69 Å². The Hall–Kier alpha value is -2.63. The Bertz CT molecular complexity index is 685. The summed E-state index contributed by atoms with van der Waals surface area (Å²) in [6, 6.07) is 9.37. The van der Waals surface area contributed by atoms with Crippen molar-refractivity contribution in [3.8, 4) is 5.75 Å². The zero-order valence-electron chi connectivity index (χ0n) is 12.5. The van der Waals surface area contributed by atoms with E-state index in [9.17, 15) is 14.3 Å². The van der Waals surface area contributed by atoms with Crippen molar-refractivity contribution in [1.29, 1.82) is 0 Å². The van der Waals surface area contributed by atoms with Gasteiger partial charge < -0.3 is 14.7 Å². The van der Waals surface area contributed by atoms with E-state index in [1.807, 2.05) is 12.1 Å². The molecule has 0 spiro atoms. The van der Waals surface area contributed by atoms with E-state index in [0.29, 0.717) is 25.9 Å². The van der Waals surface area contributed by atoms with Gasteiger partial charge in [-0.25, -0.2) is 9.18 Å². The van der Waals surface area contributed by atoms with E-state index >= 15 is 0 Å². The lowest BCUT2D eigenvalue weighted by Gasteiger charge is -2.39. The quantitative estimate of drug-likeness (QED) is 0.939. The first-order valence-electron chi connectivity index (χ1n) is 7.42. The second kappa shape index (κ2) is 6.24. The highest BCUT2D eigenvalue weighted by Crippen LogP contribution is 2.31. The van der Waals surface area contributed by atoms with Gasteiger partial charge in [-0.15, -0.1) is 0 Å². The zero-order valence-corrected chi connectivity index (χ0v) is 12.5. The molecule has 5 nitrogen and oxygen atoms in total. The van der Waals surface area contributed by atoms with Crippen LogP contribution in [0.2, 0.25) is 0 Å². The van der Waals surface area contributed by atoms with E-state index in [4.69, 9.17) is 4.74 Å². The number of halogens is 1. The molecule has 120 valence electrons. The maximum absolute atomic E-state index is 13.3. The Morgan fingerprint density at radius 2 is 1.91 bits per heavy atom. The lowest BCUT2D eigenvalue weighted by Crippen LogP contribution is -2.53. The third kappa shape index (κ3) is 3.26. The maximum Gasteiger partial charge on any atom is 0.348 e. The Morgan fingerprint density at radius 3 is 2.52 bits per heavy atom. The summed E-state index contributed by atoms with van der Waals surface area (Å²) in [6.07, 6.45) is 4.05. The van der Waals surface area contributed by atoms with Crippen LogP contribution < -0.4 is 9.64 Å². The number of nitrogens with zero attached hydrogens (tertiary/aromatic N) is 2. The van der Waals surface area contributed by atoms with Crippen molar-refractivity contribution >= 4 is 11.7 Å². The van der Waals surface area contributed by atoms with Gasteiger partial charge in [-0.2, -0.15) is 0 Å². The highest BCUT2D eigenvalue weighted by molar-refractivity contribution is 5.78. The third-order valence-electron chi connectivity index (χ3n) is 4.10. The number of carbonyl (C=O) groups is 1. The zero-order chi connectivity index (χ0) is 16.3. The highest BCUT2D eigenvalue weighted by Gasteiger charge is 2.44. The molecule has 6 heteroatoms. The smallest absolute Gasteiger partial charge is 0.348 e. The van der Waals surface area contributed by atoms with Crippen LogP contribution in [0.1, 0.15) is 12.8 Å². The molecule has 1 saturated heterocycles. The fourth-order valence-electron chi connectivity index (χ4n) is 2.80. The van der Waals surface area contributed by atoms with E-state index in [1.165, 1.54) is 18.2 Å². The Labute approximate surface area is 133 Å². The summed E-state index contributed by atoms with van der Waals surface area (Å²) < 4.78 is 19.0. The van der Waals surface area contributed by atoms with Gasteiger partial charge in [0.1, 0.15) is 11.6 Å². The lowest BCUT2D eigenvalue weighted by atomic mass is 9.90. The molecule has 3 rings (SSSR count). The maximum atomic E-state index is 13.3. The number of aromatic nitrogens is 1. The van der Waals surface area contributed by atoms with Gasteiger partial charge in [0.2, 0.25) is 5.60 Å². The monoisotopic (exact) mass is 316 g/mol. The van der Waals surface area contributed by atoms with Crippen molar-refractivity contribution in [1.82, 2.24) is 4.98 Å². The number of carboxylic acid groups (broad SMARTS) is 1. The summed E-state index contributed by atoms with van der Waals surface area (Å²) in [5.41, 5.74) is -0.318. The molecule has 1 aliphatic rings. The second-order valence-corrected chi connectivity index (χ2v) is 5.55. The molecule has 0 amide bonds. The molecular weight excluding hydrogens is 299 g/mol. The van der Waals surface area contributed by atoms with Crippen LogP contribution >= 0.6 is 0 Å². The van der Waals surface area contributed by atoms with Crippen molar-refractivity contribution < 1.29 is 19.0 Å². The Kier molecular flexibility index (Phi) is 4.14. The molecule has 1 N–H and O–H groups in total. The summed E-state index contributed by atoms with van der Waals surface area (Å²) in [7, 11) is 0. The summed E-state index contributed by atoms with van der Waals surface area (Å²) in [6.45, 7) is 1.09. The summed E-state index contributed by atoms with van der Waals surface area (Å²) >= 11 is 0. The van der Waals surface area contributed by atoms with E-state index in [2.05, 4.69) is 9.88 Å². The van der Waals surface area contributed by atoms with Crippen molar-refractivity contribution in [2.24, 2.45) is 0 Å². The molecule has 1 aromatic carbocycles. The predicted octanol–water partition coefficient (Wildman–Crippen LogP) is 2.72. The average Bonchev–Trinajstić information content (AvgIpc) is 2.56. The molecule has 23 heavy (non-hydrogen) atoms. The third-order valence-corrected chi connectivity index (χ3v) is 4.10. The van der Waals surface area contributed by atoms with Crippen LogP contribution in [0.4, 0.5) is 10.1 Å². The number of hydrogen-bond acceptors (Lipinski definition) is 4.